The van der Waals surface area contributed by atoms with E-state index in [1.807, 2.05) is 6.92 Å². The van der Waals surface area contributed by atoms with Gasteiger partial charge in [0, 0.05) is 12.5 Å². The molecule has 1 aromatic carbocycles. The molecule has 0 radical (unpaired) electrons. The number of thioether (sulfide) groups is 1. The number of hydrogen-bond donors (Lipinski definition) is 1. The Morgan fingerprint density at radius 1 is 1.41 bits per heavy atom. The maximum Gasteiger partial charge on any atom is 0.237 e. The Labute approximate surface area is 165 Å². The summed E-state index contributed by atoms with van der Waals surface area (Å²) in [5.74, 6) is -0.174. The Kier molecular flexibility index (Phi) is 6.08. The van der Waals surface area contributed by atoms with Crippen LogP contribution in [0.25, 0.3) is 0 Å². The van der Waals surface area contributed by atoms with E-state index in [9.17, 15) is 9.59 Å². The van der Waals surface area contributed by atoms with Crippen LogP contribution in [-0.2, 0) is 9.59 Å². The van der Waals surface area contributed by atoms with Gasteiger partial charge in [0.25, 0.3) is 0 Å². The van der Waals surface area contributed by atoms with E-state index in [2.05, 4.69) is 21.6 Å². The van der Waals surface area contributed by atoms with Gasteiger partial charge in [0.05, 0.1) is 16.5 Å². The van der Waals surface area contributed by atoms with E-state index in [0.717, 1.165) is 12.8 Å². The lowest BCUT2D eigenvalue weighted by Crippen LogP contribution is -2.32. The number of hydrogen-bond acceptors (Lipinski definition) is 7. The minimum atomic E-state index is -0.422. The molecular weight excluding hydrogens is 382 g/mol. The van der Waals surface area contributed by atoms with Crippen molar-refractivity contribution in [2.45, 2.75) is 48.7 Å². The molecule has 1 N–H and O–H groups in total. The van der Waals surface area contributed by atoms with Gasteiger partial charge in [-0.3, -0.25) is 14.5 Å². The van der Waals surface area contributed by atoms with Crippen LogP contribution >= 0.6 is 23.1 Å². The molecule has 0 saturated heterocycles. The summed E-state index contributed by atoms with van der Waals surface area (Å²) in [5.41, 5.74) is 0.906. The summed E-state index contributed by atoms with van der Waals surface area (Å²) in [6.07, 6.45) is 2.41. The predicted molar refractivity (Wildman–Crippen MR) is 106 cm³/mol. The van der Waals surface area contributed by atoms with E-state index in [0.29, 0.717) is 27.1 Å². The average Bonchev–Trinajstić information content (AvgIpc) is 3.40. The topological polar surface area (TPSA) is 99.0 Å². The van der Waals surface area contributed by atoms with Gasteiger partial charge in [-0.1, -0.05) is 42.2 Å². The molecule has 1 aliphatic rings. The average molecular weight is 402 g/mol. The maximum atomic E-state index is 12.4. The number of nitriles is 1. The minimum Gasteiger partial charge on any atom is -0.324 e. The van der Waals surface area contributed by atoms with Crippen LogP contribution in [0.1, 0.15) is 38.7 Å². The zero-order valence-electron chi connectivity index (χ0n) is 15.0. The highest BCUT2D eigenvalue weighted by molar-refractivity contribution is 8.02. The van der Waals surface area contributed by atoms with Gasteiger partial charge in [-0.2, -0.15) is 5.26 Å². The van der Waals surface area contributed by atoms with Gasteiger partial charge >= 0.3 is 0 Å². The summed E-state index contributed by atoms with van der Waals surface area (Å²) < 4.78 is 0.635. The van der Waals surface area contributed by atoms with Crippen molar-refractivity contribution in [3.8, 4) is 6.07 Å². The number of carbonyl (C=O) groups excluding carboxylic acids is 2. The SMILES string of the molecule is CCC(=O)N(c1nnc(S[C@H](C)C(=O)Nc2ccccc2C#N)s1)C1CC1. The largest absolute Gasteiger partial charge is 0.324 e. The third kappa shape index (κ3) is 4.64. The fourth-order valence-electron chi connectivity index (χ4n) is 2.45. The Bertz CT molecular complexity index is 888. The van der Waals surface area contributed by atoms with Crippen LogP contribution in [0.2, 0.25) is 0 Å². The van der Waals surface area contributed by atoms with Crippen molar-refractivity contribution in [3.63, 3.8) is 0 Å². The lowest BCUT2D eigenvalue weighted by molar-refractivity contribution is -0.118. The molecule has 2 amide bonds. The summed E-state index contributed by atoms with van der Waals surface area (Å²) in [6.45, 7) is 3.60. The first-order valence-electron chi connectivity index (χ1n) is 8.65. The van der Waals surface area contributed by atoms with E-state index in [-0.39, 0.29) is 17.9 Å². The zero-order chi connectivity index (χ0) is 19.4. The molecule has 1 heterocycles. The molecule has 1 aliphatic carbocycles. The van der Waals surface area contributed by atoms with E-state index < -0.39 is 5.25 Å². The summed E-state index contributed by atoms with van der Waals surface area (Å²) in [7, 11) is 0. The second kappa shape index (κ2) is 8.50. The summed E-state index contributed by atoms with van der Waals surface area (Å²) in [4.78, 5) is 26.3. The molecule has 3 rings (SSSR count). The summed E-state index contributed by atoms with van der Waals surface area (Å²) in [5, 5.41) is 20.3. The highest BCUT2D eigenvalue weighted by atomic mass is 32.2. The maximum absolute atomic E-state index is 12.4. The van der Waals surface area contributed by atoms with Crippen LogP contribution in [0.15, 0.2) is 28.6 Å². The summed E-state index contributed by atoms with van der Waals surface area (Å²) >= 11 is 2.61. The van der Waals surface area contributed by atoms with Crippen LogP contribution in [0.3, 0.4) is 0 Å². The van der Waals surface area contributed by atoms with Crippen molar-refractivity contribution in [1.82, 2.24) is 10.2 Å². The van der Waals surface area contributed by atoms with Crippen molar-refractivity contribution in [2.75, 3.05) is 10.2 Å². The molecule has 140 valence electrons. The summed E-state index contributed by atoms with van der Waals surface area (Å²) in [6, 6.07) is 9.15. The second-order valence-electron chi connectivity index (χ2n) is 6.11. The quantitative estimate of drug-likeness (QED) is 0.564. The van der Waals surface area contributed by atoms with Crippen molar-refractivity contribution in [3.05, 3.63) is 29.8 Å². The molecule has 27 heavy (non-hydrogen) atoms. The van der Waals surface area contributed by atoms with Crippen molar-refractivity contribution in [2.24, 2.45) is 0 Å². The van der Waals surface area contributed by atoms with Gasteiger partial charge in [-0.15, -0.1) is 10.2 Å². The molecule has 7 nitrogen and oxygen atoms in total. The number of carbonyl (C=O) groups is 2. The molecule has 0 aliphatic heterocycles. The lowest BCUT2D eigenvalue weighted by atomic mass is 10.2. The minimum absolute atomic E-state index is 0.0455. The third-order valence-corrected chi connectivity index (χ3v) is 6.14. The van der Waals surface area contributed by atoms with E-state index in [1.165, 1.54) is 23.1 Å². The molecule has 2 aromatic rings. The zero-order valence-corrected chi connectivity index (χ0v) is 16.6. The molecular formula is C18H19N5O2S2. The molecule has 0 spiro atoms. The highest BCUT2D eigenvalue weighted by Gasteiger charge is 2.35. The first-order valence-corrected chi connectivity index (χ1v) is 10.3. The van der Waals surface area contributed by atoms with Gasteiger partial charge < -0.3 is 5.32 Å². The molecule has 9 heteroatoms. The van der Waals surface area contributed by atoms with Crippen LogP contribution in [0, 0.1) is 11.3 Å². The number of aromatic nitrogens is 2. The highest BCUT2D eigenvalue weighted by Crippen LogP contribution is 2.37. The molecule has 0 unspecified atom stereocenters. The van der Waals surface area contributed by atoms with E-state index in [1.54, 1.807) is 36.1 Å². The molecule has 0 bridgehead atoms. The Balaban J connectivity index is 1.65. The van der Waals surface area contributed by atoms with Gasteiger partial charge in [-0.25, -0.2) is 0 Å². The van der Waals surface area contributed by atoms with E-state index in [4.69, 9.17) is 5.26 Å². The number of anilines is 2. The van der Waals surface area contributed by atoms with Crippen molar-refractivity contribution >= 4 is 45.7 Å². The van der Waals surface area contributed by atoms with Crippen LogP contribution < -0.4 is 10.2 Å². The molecule has 1 aromatic heterocycles. The second-order valence-corrected chi connectivity index (χ2v) is 8.65. The number of para-hydroxylation sites is 1. The fourth-order valence-corrected chi connectivity index (χ4v) is 4.52. The van der Waals surface area contributed by atoms with Gasteiger partial charge in [0.2, 0.25) is 16.9 Å². The van der Waals surface area contributed by atoms with Gasteiger partial charge in [-0.05, 0) is 31.9 Å². The predicted octanol–water partition coefficient (Wildman–Crippen LogP) is 3.43. The van der Waals surface area contributed by atoms with Crippen LogP contribution in [0.4, 0.5) is 10.8 Å². The third-order valence-electron chi connectivity index (χ3n) is 4.04. The fraction of sp³-hybridized carbons (Fsp3) is 0.389. The van der Waals surface area contributed by atoms with Crippen LogP contribution in [0.5, 0.6) is 0 Å². The van der Waals surface area contributed by atoms with E-state index >= 15 is 0 Å². The first kappa shape index (κ1) is 19.3. The number of amides is 2. The normalized spacial score (nSPS) is 14.3. The van der Waals surface area contributed by atoms with Crippen molar-refractivity contribution in [1.29, 1.82) is 5.26 Å². The lowest BCUT2D eigenvalue weighted by Gasteiger charge is -2.17. The van der Waals surface area contributed by atoms with Crippen molar-refractivity contribution < 1.29 is 9.59 Å². The monoisotopic (exact) mass is 401 g/mol. The van der Waals surface area contributed by atoms with Gasteiger partial charge in [0.15, 0.2) is 4.34 Å². The number of benzene rings is 1. The van der Waals surface area contributed by atoms with Crippen LogP contribution in [-0.4, -0.2) is 33.3 Å². The smallest absolute Gasteiger partial charge is 0.237 e. The first-order chi connectivity index (χ1) is 13.0. The Morgan fingerprint density at radius 2 is 2.15 bits per heavy atom. The Morgan fingerprint density at radius 3 is 2.81 bits per heavy atom. The number of nitrogens with zero attached hydrogens (tertiary/aromatic N) is 4. The Hall–Kier alpha value is -2.44. The number of rotatable bonds is 7. The van der Waals surface area contributed by atoms with Gasteiger partial charge in [0.1, 0.15) is 6.07 Å². The number of nitrogens with one attached hydrogen (secondary N) is 1. The molecule has 1 saturated carbocycles. The molecule has 1 atom stereocenters. The molecule has 1 fully saturated rings. The standard InChI is InChI=1S/C18H19N5O2S2/c1-3-15(24)23(13-8-9-13)17-21-22-18(27-17)26-11(2)16(25)20-14-7-5-4-6-12(14)10-19/h4-7,11,13H,3,8-9H2,1-2H3,(H,20,25)/t11-/m1/s1.